The molecule has 20 heavy (non-hydrogen) atoms. The molecule has 0 radical (unpaired) electrons. The van der Waals surface area contributed by atoms with E-state index in [1.807, 2.05) is 6.92 Å². The van der Waals surface area contributed by atoms with Crippen LogP contribution >= 0.6 is 0 Å². The number of carbonyl (C=O) groups excluding carboxylic acids is 1. The molecule has 3 nitrogen and oxygen atoms in total. The molecule has 1 aliphatic carbocycles. The number of hydrogen-bond donors (Lipinski definition) is 2. The van der Waals surface area contributed by atoms with Crippen LogP contribution in [0.25, 0.3) is 0 Å². The summed E-state index contributed by atoms with van der Waals surface area (Å²) in [4.78, 5) is 12.2. The molecule has 2 rings (SSSR count). The summed E-state index contributed by atoms with van der Waals surface area (Å²) < 4.78 is 38.3. The van der Waals surface area contributed by atoms with Gasteiger partial charge in [-0.25, -0.2) is 0 Å². The van der Waals surface area contributed by atoms with E-state index in [0.29, 0.717) is 12.8 Å². The zero-order chi connectivity index (χ0) is 14.8. The van der Waals surface area contributed by atoms with Gasteiger partial charge in [-0.15, -0.1) is 0 Å². The average molecular weight is 292 g/mol. The highest BCUT2D eigenvalue weighted by Crippen LogP contribution is 2.40. The second-order valence-electron chi connectivity index (χ2n) is 6.40. The maximum Gasteiger partial charge on any atom is 0.391 e. The van der Waals surface area contributed by atoms with Crippen molar-refractivity contribution in [2.75, 3.05) is 13.1 Å². The van der Waals surface area contributed by atoms with Gasteiger partial charge in [-0.2, -0.15) is 13.2 Å². The molecule has 2 N–H and O–H groups in total. The van der Waals surface area contributed by atoms with Crippen molar-refractivity contribution in [1.82, 2.24) is 10.6 Å². The fourth-order valence-corrected chi connectivity index (χ4v) is 3.23. The smallest absolute Gasteiger partial charge is 0.351 e. The highest BCUT2D eigenvalue weighted by atomic mass is 19.4. The Labute approximate surface area is 117 Å². The quantitative estimate of drug-likeness (QED) is 0.821. The van der Waals surface area contributed by atoms with E-state index in [4.69, 9.17) is 0 Å². The van der Waals surface area contributed by atoms with Crippen LogP contribution in [0.1, 0.15) is 45.4 Å². The molecule has 0 aromatic carbocycles. The highest BCUT2D eigenvalue weighted by Gasteiger charge is 2.44. The lowest BCUT2D eigenvalue weighted by molar-refractivity contribution is -0.186. The molecule has 2 aliphatic rings. The minimum atomic E-state index is -4.17. The van der Waals surface area contributed by atoms with Gasteiger partial charge in [0.2, 0.25) is 5.91 Å². The summed E-state index contributed by atoms with van der Waals surface area (Å²) >= 11 is 0. The Morgan fingerprint density at radius 3 is 2.50 bits per heavy atom. The van der Waals surface area contributed by atoms with Crippen LogP contribution in [-0.2, 0) is 4.79 Å². The van der Waals surface area contributed by atoms with E-state index >= 15 is 0 Å². The van der Waals surface area contributed by atoms with Crippen LogP contribution in [-0.4, -0.2) is 30.7 Å². The number of alkyl halides is 3. The Kier molecular flexibility index (Phi) is 4.62. The maximum absolute atomic E-state index is 12.8. The number of rotatable bonds is 2. The van der Waals surface area contributed by atoms with Crippen molar-refractivity contribution < 1.29 is 18.0 Å². The molecule has 0 bridgehead atoms. The number of nitrogens with one attached hydrogen (secondary N) is 2. The van der Waals surface area contributed by atoms with E-state index in [1.54, 1.807) is 0 Å². The number of amides is 1. The lowest BCUT2D eigenvalue weighted by Crippen LogP contribution is -2.54. The number of carbonyl (C=O) groups is 1. The first-order valence-corrected chi connectivity index (χ1v) is 7.40. The highest BCUT2D eigenvalue weighted by molar-refractivity contribution is 5.79. The summed E-state index contributed by atoms with van der Waals surface area (Å²) in [6.07, 6.45) is -1.34. The molecular formula is C14H23F3N2O. The van der Waals surface area contributed by atoms with Gasteiger partial charge < -0.3 is 10.6 Å². The third-order valence-corrected chi connectivity index (χ3v) is 4.64. The Morgan fingerprint density at radius 1 is 1.25 bits per heavy atom. The Balaban J connectivity index is 1.91. The largest absolute Gasteiger partial charge is 0.391 e. The van der Waals surface area contributed by atoms with E-state index in [0.717, 1.165) is 25.9 Å². The van der Waals surface area contributed by atoms with Crippen LogP contribution in [0.15, 0.2) is 0 Å². The Bertz CT molecular complexity index is 351. The third kappa shape index (κ3) is 3.87. The first-order valence-electron chi connectivity index (χ1n) is 7.40. The summed E-state index contributed by atoms with van der Waals surface area (Å²) in [5, 5.41) is 6.21. The molecule has 1 saturated carbocycles. The topological polar surface area (TPSA) is 41.1 Å². The van der Waals surface area contributed by atoms with E-state index in [2.05, 4.69) is 10.6 Å². The van der Waals surface area contributed by atoms with Crippen molar-refractivity contribution in [3.63, 3.8) is 0 Å². The van der Waals surface area contributed by atoms with Crippen molar-refractivity contribution in [3.8, 4) is 0 Å². The second-order valence-corrected chi connectivity index (χ2v) is 6.40. The zero-order valence-electron chi connectivity index (χ0n) is 11.9. The molecule has 0 aromatic rings. The van der Waals surface area contributed by atoms with Crippen LogP contribution < -0.4 is 10.6 Å². The summed E-state index contributed by atoms with van der Waals surface area (Å²) in [5.41, 5.74) is -0.270. The molecule has 2 unspecified atom stereocenters. The molecule has 0 spiro atoms. The van der Waals surface area contributed by atoms with Gasteiger partial charge in [0.1, 0.15) is 0 Å². The van der Waals surface area contributed by atoms with Gasteiger partial charge in [-0.05, 0) is 52.1 Å². The lowest BCUT2D eigenvalue weighted by Gasteiger charge is -2.37. The van der Waals surface area contributed by atoms with Gasteiger partial charge >= 0.3 is 6.18 Å². The van der Waals surface area contributed by atoms with Gasteiger partial charge in [-0.3, -0.25) is 4.79 Å². The molecule has 0 aromatic heterocycles. The van der Waals surface area contributed by atoms with Crippen molar-refractivity contribution in [2.45, 2.75) is 57.2 Å². The van der Waals surface area contributed by atoms with Crippen LogP contribution in [0, 0.1) is 11.8 Å². The average Bonchev–Trinajstić information content (AvgIpc) is 2.38. The standard InChI is InChI=1S/C14H23F3N2O/c1-13(5-7-18-8-6-13)19-12(20)10-3-2-4-11(9-10)14(15,16)17/h10-11,18H,2-9H2,1H3,(H,19,20). The molecule has 1 amide bonds. The first kappa shape index (κ1) is 15.6. The van der Waals surface area contributed by atoms with E-state index in [9.17, 15) is 18.0 Å². The molecule has 2 atom stereocenters. The van der Waals surface area contributed by atoms with Gasteiger partial charge in [0.25, 0.3) is 0 Å². The normalized spacial score (nSPS) is 30.8. The molecular weight excluding hydrogens is 269 g/mol. The van der Waals surface area contributed by atoms with Crippen LogP contribution in [0.4, 0.5) is 13.2 Å². The SMILES string of the molecule is CC1(NC(=O)C2CCCC(C(F)(F)F)C2)CCNCC1. The molecule has 6 heteroatoms. The number of halogens is 3. The minimum absolute atomic E-state index is 0.0519. The predicted octanol–water partition coefficient (Wildman–Crippen LogP) is 2.61. The van der Waals surface area contributed by atoms with Crippen molar-refractivity contribution in [2.24, 2.45) is 11.8 Å². The van der Waals surface area contributed by atoms with Gasteiger partial charge in [0, 0.05) is 11.5 Å². The molecule has 1 aliphatic heterocycles. The Hall–Kier alpha value is -0.780. The van der Waals surface area contributed by atoms with Crippen LogP contribution in [0.5, 0.6) is 0 Å². The summed E-state index contributed by atoms with van der Waals surface area (Å²) in [5.74, 6) is -1.99. The number of piperidine rings is 1. The minimum Gasteiger partial charge on any atom is -0.351 e. The fourth-order valence-electron chi connectivity index (χ4n) is 3.23. The fraction of sp³-hybridized carbons (Fsp3) is 0.929. The van der Waals surface area contributed by atoms with Gasteiger partial charge in [0.05, 0.1) is 5.92 Å². The van der Waals surface area contributed by atoms with Gasteiger partial charge in [-0.1, -0.05) is 6.42 Å². The van der Waals surface area contributed by atoms with Gasteiger partial charge in [0.15, 0.2) is 0 Å². The zero-order valence-corrected chi connectivity index (χ0v) is 11.9. The lowest BCUT2D eigenvalue weighted by atomic mass is 9.79. The first-order chi connectivity index (χ1) is 9.30. The molecule has 1 saturated heterocycles. The van der Waals surface area contributed by atoms with Crippen molar-refractivity contribution in [3.05, 3.63) is 0 Å². The van der Waals surface area contributed by atoms with Crippen LogP contribution in [0.3, 0.4) is 0 Å². The maximum atomic E-state index is 12.8. The van der Waals surface area contributed by atoms with E-state index in [-0.39, 0.29) is 24.3 Å². The Morgan fingerprint density at radius 2 is 1.90 bits per heavy atom. The van der Waals surface area contributed by atoms with Crippen molar-refractivity contribution >= 4 is 5.91 Å². The summed E-state index contributed by atoms with van der Waals surface area (Å²) in [6, 6.07) is 0. The predicted molar refractivity (Wildman–Crippen MR) is 70.2 cm³/mol. The number of hydrogen-bond acceptors (Lipinski definition) is 2. The molecule has 1 heterocycles. The molecule has 2 fully saturated rings. The van der Waals surface area contributed by atoms with E-state index in [1.165, 1.54) is 0 Å². The van der Waals surface area contributed by atoms with Crippen molar-refractivity contribution in [1.29, 1.82) is 0 Å². The summed E-state index contributed by atoms with van der Waals surface area (Å²) in [6.45, 7) is 3.66. The monoisotopic (exact) mass is 292 g/mol. The second kappa shape index (κ2) is 5.92. The molecule has 116 valence electrons. The van der Waals surface area contributed by atoms with Crippen LogP contribution in [0.2, 0.25) is 0 Å². The third-order valence-electron chi connectivity index (χ3n) is 4.64. The van der Waals surface area contributed by atoms with E-state index < -0.39 is 18.0 Å². The summed E-state index contributed by atoms with van der Waals surface area (Å²) in [7, 11) is 0.